The van der Waals surface area contributed by atoms with Crippen molar-refractivity contribution in [1.29, 1.82) is 0 Å². The van der Waals surface area contributed by atoms with Gasteiger partial charge in [-0.1, -0.05) is 6.07 Å². The van der Waals surface area contributed by atoms with Crippen LogP contribution in [0.4, 0.5) is 0 Å². The van der Waals surface area contributed by atoms with Crippen molar-refractivity contribution in [2.75, 3.05) is 13.2 Å². The van der Waals surface area contributed by atoms with Crippen LogP contribution in [-0.4, -0.2) is 30.4 Å². The maximum absolute atomic E-state index is 12.6. The number of nitrogens with one attached hydrogen (secondary N) is 2. The molecule has 0 saturated heterocycles. The molecule has 0 saturated carbocycles. The molecule has 7 heteroatoms. The predicted molar refractivity (Wildman–Crippen MR) is 104 cm³/mol. The van der Waals surface area contributed by atoms with E-state index >= 15 is 0 Å². The zero-order chi connectivity index (χ0) is 19.3. The highest BCUT2D eigenvalue weighted by atomic mass is 32.1. The molecule has 0 fully saturated rings. The molecule has 0 spiro atoms. The van der Waals surface area contributed by atoms with Crippen molar-refractivity contribution in [3.63, 3.8) is 0 Å². The molecule has 1 aromatic carbocycles. The second kappa shape index (κ2) is 8.89. The van der Waals surface area contributed by atoms with E-state index in [2.05, 4.69) is 10.6 Å². The van der Waals surface area contributed by atoms with Crippen molar-refractivity contribution in [2.24, 2.45) is 0 Å². The Morgan fingerprint density at radius 1 is 1.19 bits per heavy atom. The van der Waals surface area contributed by atoms with Crippen LogP contribution in [0.3, 0.4) is 0 Å². The van der Waals surface area contributed by atoms with E-state index in [1.807, 2.05) is 52.8 Å². The average molecular weight is 378 g/mol. The van der Waals surface area contributed by atoms with E-state index in [0.29, 0.717) is 41.1 Å². The molecule has 1 aliphatic heterocycles. The Bertz CT molecular complexity index is 715. The third kappa shape index (κ3) is 4.66. The highest BCUT2D eigenvalue weighted by molar-refractivity contribution is 7.80. The Hall–Kier alpha value is -2.28. The van der Waals surface area contributed by atoms with Crippen LogP contribution in [0.15, 0.2) is 29.5 Å². The molecule has 1 aromatic rings. The van der Waals surface area contributed by atoms with Gasteiger partial charge in [0.05, 0.1) is 30.9 Å². The summed E-state index contributed by atoms with van der Waals surface area (Å²) in [7, 11) is 0. The van der Waals surface area contributed by atoms with Gasteiger partial charge in [-0.15, -0.1) is 0 Å². The third-order valence-electron chi connectivity index (χ3n) is 3.73. The summed E-state index contributed by atoms with van der Waals surface area (Å²) in [4.78, 5) is 12.6. The number of ether oxygens (including phenoxy) is 3. The summed E-state index contributed by atoms with van der Waals surface area (Å²) >= 11 is 5.27. The highest BCUT2D eigenvalue weighted by Gasteiger charge is 2.32. The molecule has 2 N–H and O–H groups in total. The SMILES string of the molecule is CCOc1ccc([C@H]2NC(=S)NC(C)=C2C(=O)OC(C)C)cc1OCC. The molecule has 0 radical (unpaired) electrons. The van der Waals surface area contributed by atoms with E-state index in [1.54, 1.807) is 0 Å². The summed E-state index contributed by atoms with van der Waals surface area (Å²) in [5.41, 5.74) is 2.02. The van der Waals surface area contributed by atoms with Gasteiger partial charge in [-0.3, -0.25) is 0 Å². The highest BCUT2D eigenvalue weighted by Crippen LogP contribution is 2.35. The quantitative estimate of drug-likeness (QED) is 0.558. The minimum atomic E-state index is -0.426. The van der Waals surface area contributed by atoms with Crippen LogP contribution >= 0.6 is 12.2 Å². The van der Waals surface area contributed by atoms with Crippen LogP contribution < -0.4 is 20.1 Å². The molecular weight excluding hydrogens is 352 g/mol. The van der Waals surface area contributed by atoms with Gasteiger partial charge in [0.1, 0.15) is 0 Å². The average Bonchev–Trinajstić information content (AvgIpc) is 2.55. The minimum Gasteiger partial charge on any atom is -0.490 e. The fourth-order valence-electron chi connectivity index (χ4n) is 2.74. The van der Waals surface area contributed by atoms with Gasteiger partial charge < -0.3 is 24.8 Å². The Kier molecular flexibility index (Phi) is 6.85. The molecule has 0 unspecified atom stereocenters. The first kappa shape index (κ1) is 20.0. The molecular formula is C19H26N2O4S. The van der Waals surface area contributed by atoms with Gasteiger partial charge in [-0.25, -0.2) is 4.79 Å². The topological polar surface area (TPSA) is 68.8 Å². The first-order valence-electron chi connectivity index (χ1n) is 8.76. The number of esters is 1. The Morgan fingerprint density at radius 3 is 2.46 bits per heavy atom. The molecule has 6 nitrogen and oxygen atoms in total. The zero-order valence-electron chi connectivity index (χ0n) is 15.8. The lowest BCUT2D eigenvalue weighted by Crippen LogP contribution is -2.45. The van der Waals surface area contributed by atoms with E-state index in [1.165, 1.54) is 0 Å². The first-order chi connectivity index (χ1) is 12.4. The van der Waals surface area contributed by atoms with Crippen LogP contribution in [0.1, 0.15) is 46.2 Å². The number of hydrogen-bond acceptors (Lipinski definition) is 5. The molecule has 1 heterocycles. The maximum Gasteiger partial charge on any atom is 0.338 e. The Labute approximate surface area is 159 Å². The molecule has 2 rings (SSSR count). The summed E-state index contributed by atoms with van der Waals surface area (Å²) in [6.45, 7) is 10.3. The second-order valence-corrected chi connectivity index (χ2v) is 6.50. The van der Waals surface area contributed by atoms with Crippen LogP contribution in [-0.2, 0) is 9.53 Å². The van der Waals surface area contributed by atoms with Gasteiger partial charge in [0.2, 0.25) is 0 Å². The molecule has 1 atom stereocenters. The van der Waals surface area contributed by atoms with Crippen molar-refractivity contribution in [1.82, 2.24) is 10.6 Å². The van der Waals surface area contributed by atoms with Gasteiger partial charge in [-0.05, 0) is 64.5 Å². The molecule has 26 heavy (non-hydrogen) atoms. The first-order valence-corrected chi connectivity index (χ1v) is 9.16. The van der Waals surface area contributed by atoms with Crippen molar-refractivity contribution >= 4 is 23.3 Å². The lowest BCUT2D eigenvalue weighted by molar-refractivity contribution is -0.143. The summed E-state index contributed by atoms with van der Waals surface area (Å²) < 4.78 is 16.7. The van der Waals surface area contributed by atoms with E-state index < -0.39 is 6.04 Å². The monoisotopic (exact) mass is 378 g/mol. The van der Waals surface area contributed by atoms with Crippen molar-refractivity contribution in [3.8, 4) is 11.5 Å². The van der Waals surface area contributed by atoms with Gasteiger partial charge >= 0.3 is 5.97 Å². The standard InChI is InChI=1S/C19H26N2O4S/c1-6-23-14-9-8-13(10-15(14)24-7-2)17-16(18(22)25-11(3)4)12(5)20-19(26)21-17/h8-11,17H,6-7H2,1-5H3,(H2,20,21,26)/t17-/m1/s1. The number of thiocarbonyl (C=S) groups is 1. The summed E-state index contributed by atoms with van der Waals surface area (Å²) in [6, 6.07) is 5.19. The summed E-state index contributed by atoms with van der Waals surface area (Å²) in [5.74, 6) is 0.922. The number of rotatable bonds is 7. The van der Waals surface area contributed by atoms with Crippen molar-refractivity contribution < 1.29 is 19.0 Å². The van der Waals surface area contributed by atoms with Gasteiger partial charge in [-0.2, -0.15) is 0 Å². The van der Waals surface area contributed by atoms with Crippen LogP contribution in [0.25, 0.3) is 0 Å². The molecule has 0 aromatic heterocycles. The van der Waals surface area contributed by atoms with Crippen molar-refractivity contribution in [3.05, 3.63) is 35.0 Å². The fraction of sp³-hybridized carbons (Fsp3) is 0.474. The molecule has 0 amide bonds. The molecule has 142 valence electrons. The number of hydrogen-bond donors (Lipinski definition) is 2. The third-order valence-corrected chi connectivity index (χ3v) is 3.95. The van der Waals surface area contributed by atoms with Gasteiger partial charge in [0.15, 0.2) is 16.6 Å². The maximum atomic E-state index is 12.6. The number of carbonyl (C=O) groups is 1. The van der Waals surface area contributed by atoms with Gasteiger partial charge in [0, 0.05) is 5.70 Å². The minimum absolute atomic E-state index is 0.211. The number of allylic oxidation sites excluding steroid dienone is 1. The van der Waals surface area contributed by atoms with Gasteiger partial charge in [0.25, 0.3) is 0 Å². The van der Waals surface area contributed by atoms with E-state index in [-0.39, 0.29) is 12.1 Å². The normalized spacial score (nSPS) is 16.8. The summed E-state index contributed by atoms with van der Waals surface area (Å²) in [5, 5.41) is 6.61. The van der Waals surface area contributed by atoms with Crippen LogP contribution in [0.2, 0.25) is 0 Å². The number of benzene rings is 1. The predicted octanol–water partition coefficient (Wildman–Crippen LogP) is 3.23. The van der Waals surface area contributed by atoms with E-state index in [0.717, 1.165) is 5.56 Å². The number of carbonyl (C=O) groups excluding carboxylic acids is 1. The largest absolute Gasteiger partial charge is 0.490 e. The fourth-order valence-corrected chi connectivity index (χ4v) is 3.01. The van der Waals surface area contributed by atoms with E-state index in [9.17, 15) is 4.79 Å². The molecule has 0 bridgehead atoms. The van der Waals surface area contributed by atoms with E-state index in [4.69, 9.17) is 26.4 Å². The lowest BCUT2D eigenvalue weighted by Gasteiger charge is -2.30. The van der Waals surface area contributed by atoms with Crippen molar-refractivity contribution in [2.45, 2.75) is 46.8 Å². The zero-order valence-corrected chi connectivity index (χ0v) is 16.7. The molecule has 1 aliphatic rings. The summed E-state index contributed by atoms with van der Waals surface area (Å²) in [6.07, 6.45) is -0.211. The molecule has 0 aliphatic carbocycles. The smallest absolute Gasteiger partial charge is 0.338 e. The second-order valence-electron chi connectivity index (χ2n) is 6.10. The Balaban J connectivity index is 2.45. The lowest BCUT2D eigenvalue weighted by atomic mass is 9.95. The Morgan fingerprint density at radius 2 is 1.85 bits per heavy atom. The van der Waals surface area contributed by atoms with Crippen LogP contribution in [0, 0.1) is 0 Å². The van der Waals surface area contributed by atoms with Crippen LogP contribution in [0.5, 0.6) is 11.5 Å².